The molecule has 0 aromatic heterocycles. The zero-order chi connectivity index (χ0) is 15.5. The van der Waals surface area contributed by atoms with E-state index >= 15 is 0 Å². The van der Waals surface area contributed by atoms with E-state index in [1.54, 1.807) is 6.07 Å². The number of hydrogen-bond donors (Lipinski definition) is 1. The lowest BCUT2D eigenvalue weighted by atomic mass is 10.0. The third kappa shape index (κ3) is 4.53. The van der Waals surface area contributed by atoms with E-state index in [-0.39, 0.29) is 17.7 Å². The van der Waals surface area contributed by atoms with Crippen molar-refractivity contribution in [3.05, 3.63) is 28.8 Å². The zero-order valence-corrected chi connectivity index (χ0v) is 13.2. The predicted molar refractivity (Wildman–Crippen MR) is 80.7 cm³/mol. The van der Waals surface area contributed by atoms with Crippen LogP contribution in [0.25, 0.3) is 0 Å². The third-order valence-corrected chi connectivity index (χ3v) is 2.85. The van der Waals surface area contributed by atoms with Gasteiger partial charge in [0.25, 0.3) is 0 Å². The van der Waals surface area contributed by atoms with Gasteiger partial charge in [-0.15, -0.1) is 0 Å². The Hall–Kier alpha value is -1.55. The summed E-state index contributed by atoms with van der Waals surface area (Å²) in [6.45, 7) is 12.0. The van der Waals surface area contributed by atoms with Gasteiger partial charge in [-0.3, -0.25) is 0 Å². The Balaban J connectivity index is 2.95. The van der Waals surface area contributed by atoms with Crippen molar-refractivity contribution in [1.29, 1.82) is 0 Å². The van der Waals surface area contributed by atoms with Gasteiger partial charge in [-0.05, 0) is 58.7 Å². The van der Waals surface area contributed by atoms with Gasteiger partial charge in [0, 0.05) is 5.69 Å². The second-order valence-corrected chi connectivity index (χ2v) is 6.17. The highest BCUT2D eigenvalue weighted by Crippen LogP contribution is 2.24. The van der Waals surface area contributed by atoms with E-state index in [1.807, 2.05) is 47.6 Å². The van der Waals surface area contributed by atoms with Crippen molar-refractivity contribution in [2.45, 2.75) is 59.9 Å². The highest BCUT2D eigenvalue weighted by atomic mass is 16.5. The van der Waals surface area contributed by atoms with E-state index in [1.165, 1.54) is 0 Å². The maximum Gasteiger partial charge on any atom is 0.340 e. The van der Waals surface area contributed by atoms with E-state index in [0.29, 0.717) is 17.9 Å². The summed E-state index contributed by atoms with van der Waals surface area (Å²) in [6.07, 6.45) is -0.161. The van der Waals surface area contributed by atoms with Crippen LogP contribution in [0.2, 0.25) is 0 Å². The van der Waals surface area contributed by atoms with Crippen LogP contribution in [-0.2, 0) is 16.1 Å². The minimum Gasteiger partial charge on any atom is -0.459 e. The minimum absolute atomic E-state index is 0.161. The summed E-state index contributed by atoms with van der Waals surface area (Å²) in [5.74, 6) is -0.385. The van der Waals surface area contributed by atoms with Gasteiger partial charge in [0.2, 0.25) is 0 Å². The molecule has 0 heterocycles. The minimum atomic E-state index is -0.385. The molecule has 0 amide bonds. The summed E-state index contributed by atoms with van der Waals surface area (Å²) in [5, 5.41) is 0. The molecular formula is C16H25NO3. The number of rotatable bonds is 4. The van der Waals surface area contributed by atoms with Crippen molar-refractivity contribution in [3.63, 3.8) is 0 Å². The Morgan fingerprint density at radius 1 is 1.30 bits per heavy atom. The largest absolute Gasteiger partial charge is 0.459 e. The van der Waals surface area contributed by atoms with Crippen LogP contribution >= 0.6 is 0 Å². The normalized spacial score (nSPS) is 11.8. The average molecular weight is 279 g/mol. The molecule has 0 saturated heterocycles. The Labute approximate surface area is 121 Å². The number of anilines is 1. The van der Waals surface area contributed by atoms with Gasteiger partial charge in [-0.25, -0.2) is 4.79 Å². The molecule has 0 saturated carbocycles. The molecule has 0 fully saturated rings. The Morgan fingerprint density at radius 2 is 1.90 bits per heavy atom. The first-order valence-corrected chi connectivity index (χ1v) is 6.84. The van der Waals surface area contributed by atoms with Gasteiger partial charge in [-0.1, -0.05) is 6.07 Å². The molecule has 0 aliphatic rings. The smallest absolute Gasteiger partial charge is 0.340 e. The van der Waals surface area contributed by atoms with Crippen molar-refractivity contribution in [2.75, 3.05) is 5.73 Å². The lowest BCUT2D eigenvalue weighted by molar-refractivity contribution is -0.0151. The van der Waals surface area contributed by atoms with Crippen molar-refractivity contribution in [1.82, 2.24) is 0 Å². The summed E-state index contributed by atoms with van der Waals surface area (Å²) >= 11 is 0. The fourth-order valence-corrected chi connectivity index (χ4v) is 1.68. The molecule has 0 aliphatic heterocycles. The molecule has 4 heteroatoms. The van der Waals surface area contributed by atoms with E-state index in [0.717, 1.165) is 11.1 Å². The Bertz CT molecular complexity index is 487. The molecule has 1 aromatic rings. The number of carbonyl (C=O) groups excluding carboxylic acids is 1. The number of benzene rings is 1. The van der Waals surface area contributed by atoms with Crippen molar-refractivity contribution < 1.29 is 14.3 Å². The van der Waals surface area contributed by atoms with E-state index < -0.39 is 0 Å². The molecule has 0 radical (unpaired) electrons. The molecule has 0 unspecified atom stereocenters. The van der Waals surface area contributed by atoms with Crippen molar-refractivity contribution in [3.8, 4) is 0 Å². The lowest BCUT2D eigenvalue weighted by Gasteiger charge is -2.21. The van der Waals surface area contributed by atoms with Crippen LogP contribution in [0.1, 0.15) is 56.1 Å². The third-order valence-electron chi connectivity index (χ3n) is 2.85. The van der Waals surface area contributed by atoms with Gasteiger partial charge in [0.15, 0.2) is 0 Å². The number of carbonyl (C=O) groups is 1. The topological polar surface area (TPSA) is 61.5 Å². The highest BCUT2D eigenvalue weighted by Gasteiger charge is 2.17. The van der Waals surface area contributed by atoms with E-state index in [9.17, 15) is 4.79 Å². The SMILES string of the molecule is Cc1c(COC(C)(C)C)ccc(C(=O)OC(C)C)c1N. The van der Waals surface area contributed by atoms with Crippen LogP contribution in [0.5, 0.6) is 0 Å². The molecule has 1 rings (SSSR count). The number of nitrogens with two attached hydrogens (primary N) is 1. The van der Waals surface area contributed by atoms with Gasteiger partial charge >= 0.3 is 5.97 Å². The van der Waals surface area contributed by atoms with Crippen LogP contribution in [0.15, 0.2) is 12.1 Å². The molecular weight excluding hydrogens is 254 g/mol. The van der Waals surface area contributed by atoms with Crippen LogP contribution in [0.3, 0.4) is 0 Å². The summed E-state index contributed by atoms with van der Waals surface area (Å²) < 4.78 is 10.9. The van der Waals surface area contributed by atoms with Gasteiger partial charge in [0.1, 0.15) is 0 Å². The highest BCUT2D eigenvalue weighted by molar-refractivity contribution is 5.96. The van der Waals surface area contributed by atoms with Crippen molar-refractivity contribution >= 4 is 11.7 Å². The van der Waals surface area contributed by atoms with E-state index in [4.69, 9.17) is 15.2 Å². The predicted octanol–water partition coefficient (Wildman–Crippen LogP) is 3.46. The Kier molecular flexibility index (Phi) is 5.17. The Morgan fingerprint density at radius 3 is 2.40 bits per heavy atom. The lowest BCUT2D eigenvalue weighted by Crippen LogP contribution is -2.19. The number of esters is 1. The monoisotopic (exact) mass is 279 g/mol. The molecule has 0 atom stereocenters. The van der Waals surface area contributed by atoms with E-state index in [2.05, 4.69) is 0 Å². The van der Waals surface area contributed by atoms with Crippen LogP contribution < -0.4 is 5.73 Å². The first-order chi connectivity index (χ1) is 9.11. The molecule has 2 N–H and O–H groups in total. The summed E-state index contributed by atoms with van der Waals surface area (Å²) in [4.78, 5) is 11.9. The quantitative estimate of drug-likeness (QED) is 0.677. The molecule has 1 aromatic carbocycles. The summed E-state index contributed by atoms with van der Waals surface area (Å²) in [7, 11) is 0. The zero-order valence-electron chi connectivity index (χ0n) is 13.2. The second-order valence-electron chi connectivity index (χ2n) is 6.17. The average Bonchev–Trinajstić information content (AvgIpc) is 2.28. The first-order valence-electron chi connectivity index (χ1n) is 6.84. The molecule has 0 spiro atoms. The molecule has 4 nitrogen and oxygen atoms in total. The molecule has 20 heavy (non-hydrogen) atoms. The maximum absolute atomic E-state index is 11.9. The van der Waals surface area contributed by atoms with Crippen molar-refractivity contribution in [2.24, 2.45) is 0 Å². The van der Waals surface area contributed by atoms with Gasteiger partial charge < -0.3 is 15.2 Å². The maximum atomic E-state index is 11.9. The summed E-state index contributed by atoms with van der Waals surface area (Å²) in [5.41, 5.74) is 8.56. The van der Waals surface area contributed by atoms with Gasteiger partial charge in [-0.2, -0.15) is 0 Å². The number of hydrogen-bond acceptors (Lipinski definition) is 4. The summed E-state index contributed by atoms with van der Waals surface area (Å²) in [6, 6.07) is 3.57. The van der Waals surface area contributed by atoms with Crippen LogP contribution in [-0.4, -0.2) is 17.7 Å². The second kappa shape index (κ2) is 6.27. The fourth-order valence-electron chi connectivity index (χ4n) is 1.68. The number of nitrogen functional groups attached to an aromatic ring is 1. The first kappa shape index (κ1) is 16.5. The standard InChI is InChI=1S/C16H25NO3/c1-10(2)20-15(18)13-8-7-12(11(3)14(13)17)9-19-16(4,5)6/h7-8,10H,9,17H2,1-6H3. The molecule has 0 bridgehead atoms. The van der Waals surface area contributed by atoms with Gasteiger partial charge in [0.05, 0.1) is 23.9 Å². The molecule has 0 aliphatic carbocycles. The molecule has 112 valence electrons. The number of ether oxygens (including phenoxy) is 2. The fraction of sp³-hybridized carbons (Fsp3) is 0.562. The van der Waals surface area contributed by atoms with Crippen LogP contribution in [0.4, 0.5) is 5.69 Å². The van der Waals surface area contributed by atoms with Crippen LogP contribution in [0, 0.1) is 6.92 Å².